The maximum Gasteiger partial charge on any atom is 0.227 e. The van der Waals surface area contributed by atoms with Crippen molar-refractivity contribution < 1.29 is 4.79 Å². The molecule has 1 unspecified atom stereocenters. The van der Waals surface area contributed by atoms with Crippen LogP contribution < -0.4 is 11.1 Å². The normalized spacial score (nSPS) is 12.3. The molecule has 0 heterocycles. The Morgan fingerprint density at radius 3 is 2.41 bits per heavy atom. The van der Waals surface area contributed by atoms with Gasteiger partial charge in [-0.05, 0) is 50.1 Å². The molecular weight excluding hydrogens is 280 g/mol. The fourth-order valence-corrected chi connectivity index (χ4v) is 2.42. The van der Waals surface area contributed by atoms with E-state index in [0.717, 1.165) is 21.3 Å². The fourth-order valence-electron chi connectivity index (χ4n) is 1.74. The molecule has 1 amide bonds. The third-order valence-electron chi connectivity index (χ3n) is 2.79. The zero-order valence-corrected chi connectivity index (χ0v) is 12.1. The molecule has 0 spiro atoms. The van der Waals surface area contributed by atoms with Crippen molar-refractivity contribution in [1.29, 1.82) is 0 Å². The van der Waals surface area contributed by atoms with Gasteiger partial charge in [-0.3, -0.25) is 4.79 Å². The van der Waals surface area contributed by atoms with Gasteiger partial charge in [-0.1, -0.05) is 22.9 Å². The maximum atomic E-state index is 11.9. The van der Waals surface area contributed by atoms with Crippen LogP contribution >= 0.6 is 15.9 Å². The zero-order valence-electron chi connectivity index (χ0n) is 10.5. The Labute approximate surface area is 111 Å². The van der Waals surface area contributed by atoms with E-state index in [9.17, 15) is 4.79 Å². The number of carbonyl (C=O) groups excluding carboxylic acids is 1. The quantitative estimate of drug-likeness (QED) is 0.898. The highest BCUT2D eigenvalue weighted by Crippen LogP contribution is 2.25. The van der Waals surface area contributed by atoms with Crippen LogP contribution in [0.5, 0.6) is 0 Å². The Balaban J connectivity index is 2.85. The van der Waals surface area contributed by atoms with E-state index in [0.29, 0.717) is 13.0 Å². The summed E-state index contributed by atoms with van der Waals surface area (Å²) in [7, 11) is 0. The molecule has 0 aromatic heterocycles. The molecule has 0 aliphatic heterocycles. The number of carbonyl (C=O) groups is 1. The van der Waals surface area contributed by atoms with E-state index in [2.05, 4.69) is 21.2 Å². The second-order valence-corrected chi connectivity index (χ2v) is 5.30. The van der Waals surface area contributed by atoms with Gasteiger partial charge in [0.2, 0.25) is 5.91 Å². The molecule has 1 rings (SSSR count). The summed E-state index contributed by atoms with van der Waals surface area (Å²) in [5.41, 5.74) is 8.48. The van der Waals surface area contributed by atoms with E-state index < -0.39 is 0 Å². The van der Waals surface area contributed by atoms with Gasteiger partial charge in [0.05, 0.1) is 0 Å². The number of halogens is 1. The molecule has 0 aliphatic carbocycles. The SMILES string of the molecule is Cc1cc(Br)cc(C)c1NC(=O)C(C)CCN. The second kappa shape index (κ2) is 6.17. The van der Waals surface area contributed by atoms with E-state index in [4.69, 9.17) is 5.73 Å². The van der Waals surface area contributed by atoms with Gasteiger partial charge in [-0.25, -0.2) is 0 Å². The molecule has 3 nitrogen and oxygen atoms in total. The molecule has 0 radical (unpaired) electrons. The monoisotopic (exact) mass is 298 g/mol. The van der Waals surface area contributed by atoms with E-state index in [1.54, 1.807) is 0 Å². The molecule has 17 heavy (non-hydrogen) atoms. The smallest absolute Gasteiger partial charge is 0.227 e. The van der Waals surface area contributed by atoms with E-state index in [-0.39, 0.29) is 11.8 Å². The molecular formula is C13H19BrN2O. The predicted molar refractivity (Wildman–Crippen MR) is 75.1 cm³/mol. The number of nitrogens with one attached hydrogen (secondary N) is 1. The van der Waals surface area contributed by atoms with Gasteiger partial charge in [-0.2, -0.15) is 0 Å². The Kier molecular flexibility index (Phi) is 5.15. The van der Waals surface area contributed by atoms with Crippen molar-refractivity contribution in [3.63, 3.8) is 0 Å². The van der Waals surface area contributed by atoms with Crippen LogP contribution in [-0.4, -0.2) is 12.5 Å². The minimum atomic E-state index is -0.0533. The van der Waals surface area contributed by atoms with Crippen molar-refractivity contribution in [2.75, 3.05) is 11.9 Å². The minimum absolute atomic E-state index is 0.0315. The summed E-state index contributed by atoms with van der Waals surface area (Å²) in [5.74, 6) is -0.0218. The summed E-state index contributed by atoms with van der Waals surface area (Å²) < 4.78 is 1.03. The Morgan fingerprint density at radius 2 is 1.94 bits per heavy atom. The molecule has 0 fully saturated rings. The Bertz CT molecular complexity index is 395. The number of aryl methyl sites for hydroxylation is 2. The summed E-state index contributed by atoms with van der Waals surface area (Å²) in [5, 5.41) is 2.97. The zero-order chi connectivity index (χ0) is 13.0. The number of hydrogen-bond acceptors (Lipinski definition) is 2. The standard InChI is InChI=1S/C13H19BrN2O/c1-8(4-5-15)13(17)16-12-9(2)6-11(14)7-10(12)3/h6-8H,4-5,15H2,1-3H3,(H,16,17). The van der Waals surface area contributed by atoms with Crippen LogP contribution in [0.15, 0.2) is 16.6 Å². The molecule has 4 heteroatoms. The molecule has 94 valence electrons. The second-order valence-electron chi connectivity index (χ2n) is 4.38. The minimum Gasteiger partial charge on any atom is -0.330 e. The number of amides is 1. The van der Waals surface area contributed by atoms with Crippen LogP contribution in [0.25, 0.3) is 0 Å². The highest BCUT2D eigenvalue weighted by molar-refractivity contribution is 9.10. The summed E-state index contributed by atoms with van der Waals surface area (Å²) >= 11 is 3.44. The summed E-state index contributed by atoms with van der Waals surface area (Å²) in [6.45, 7) is 6.40. The van der Waals surface area contributed by atoms with Crippen LogP contribution in [0.1, 0.15) is 24.5 Å². The van der Waals surface area contributed by atoms with Crippen molar-refractivity contribution >= 4 is 27.5 Å². The van der Waals surface area contributed by atoms with Crippen LogP contribution in [0.2, 0.25) is 0 Å². The largest absolute Gasteiger partial charge is 0.330 e. The highest BCUT2D eigenvalue weighted by Gasteiger charge is 2.14. The first kappa shape index (κ1) is 14.2. The van der Waals surface area contributed by atoms with Gasteiger partial charge < -0.3 is 11.1 Å². The number of rotatable bonds is 4. The van der Waals surface area contributed by atoms with Gasteiger partial charge in [0.15, 0.2) is 0 Å². The van der Waals surface area contributed by atoms with Crippen molar-refractivity contribution in [3.05, 3.63) is 27.7 Å². The van der Waals surface area contributed by atoms with Crippen molar-refractivity contribution in [3.8, 4) is 0 Å². The van der Waals surface area contributed by atoms with E-state index in [1.807, 2.05) is 32.9 Å². The molecule has 1 atom stereocenters. The van der Waals surface area contributed by atoms with Crippen LogP contribution in [-0.2, 0) is 4.79 Å². The molecule has 1 aromatic rings. The van der Waals surface area contributed by atoms with Crippen molar-refractivity contribution in [2.24, 2.45) is 11.7 Å². The first-order valence-corrected chi connectivity index (χ1v) is 6.52. The average molecular weight is 299 g/mol. The van der Waals surface area contributed by atoms with Gasteiger partial charge in [0.25, 0.3) is 0 Å². The molecule has 0 bridgehead atoms. The van der Waals surface area contributed by atoms with Crippen LogP contribution in [0, 0.1) is 19.8 Å². The third-order valence-corrected chi connectivity index (χ3v) is 3.25. The average Bonchev–Trinajstić information content (AvgIpc) is 2.23. The summed E-state index contributed by atoms with van der Waals surface area (Å²) in [4.78, 5) is 11.9. The molecule has 0 saturated carbocycles. The topological polar surface area (TPSA) is 55.1 Å². The molecule has 0 saturated heterocycles. The fraction of sp³-hybridized carbons (Fsp3) is 0.462. The Hall–Kier alpha value is -0.870. The molecule has 3 N–H and O–H groups in total. The maximum absolute atomic E-state index is 11.9. The lowest BCUT2D eigenvalue weighted by Crippen LogP contribution is -2.23. The van der Waals surface area contributed by atoms with Crippen LogP contribution in [0.4, 0.5) is 5.69 Å². The Morgan fingerprint density at radius 1 is 1.41 bits per heavy atom. The highest BCUT2D eigenvalue weighted by atomic mass is 79.9. The van der Waals surface area contributed by atoms with Gasteiger partial charge in [0.1, 0.15) is 0 Å². The third kappa shape index (κ3) is 3.82. The number of nitrogens with two attached hydrogens (primary N) is 1. The van der Waals surface area contributed by atoms with Crippen molar-refractivity contribution in [1.82, 2.24) is 0 Å². The molecule has 1 aromatic carbocycles. The first-order chi connectivity index (χ1) is 7.95. The number of anilines is 1. The summed E-state index contributed by atoms with van der Waals surface area (Å²) in [6.07, 6.45) is 0.709. The number of benzene rings is 1. The first-order valence-electron chi connectivity index (χ1n) is 5.73. The van der Waals surface area contributed by atoms with Gasteiger partial charge in [0, 0.05) is 16.1 Å². The lowest BCUT2D eigenvalue weighted by Gasteiger charge is -2.15. The van der Waals surface area contributed by atoms with Crippen molar-refractivity contribution in [2.45, 2.75) is 27.2 Å². The lowest BCUT2D eigenvalue weighted by molar-refractivity contribution is -0.119. The number of hydrogen-bond donors (Lipinski definition) is 2. The van der Waals surface area contributed by atoms with E-state index >= 15 is 0 Å². The lowest BCUT2D eigenvalue weighted by atomic mass is 10.1. The van der Waals surface area contributed by atoms with Crippen LogP contribution in [0.3, 0.4) is 0 Å². The van der Waals surface area contributed by atoms with E-state index in [1.165, 1.54) is 0 Å². The summed E-state index contributed by atoms with van der Waals surface area (Å²) in [6, 6.07) is 3.99. The molecule has 0 aliphatic rings. The van der Waals surface area contributed by atoms with Gasteiger partial charge >= 0.3 is 0 Å². The predicted octanol–water partition coefficient (Wildman–Crippen LogP) is 2.99. The van der Waals surface area contributed by atoms with Gasteiger partial charge in [-0.15, -0.1) is 0 Å².